The Bertz CT molecular complexity index is 1250. The number of H-pyrrole nitrogens is 1. The van der Waals surface area contributed by atoms with Crippen LogP contribution < -0.4 is 5.32 Å². The van der Waals surface area contributed by atoms with E-state index in [2.05, 4.69) is 15.3 Å². The highest BCUT2D eigenvalue weighted by atomic mass is 16.2. The average Bonchev–Trinajstić information content (AvgIpc) is 3.25. The van der Waals surface area contributed by atoms with E-state index in [1.807, 2.05) is 54.7 Å². The molecule has 32 heavy (non-hydrogen) atoms. The van der Waals surface area contributed by atoms with E-state index < -0.39 is 0 Å². The summed E-state index contributed by atoms with van der Waals surface area (Å²) in [5, 5.41) is 3.79. The fraction of sp³-hybridized carbons (Fsp3) is 0.115. The summed E-state index contributed by atoms with van der Waals surface area (Å²) in [5.74, 6) is -0.598. The summed E-state index contributed by atoms with van der Waals surface area (Å²) in [7, 11) is 1.73. The van der Waals surface area contributed by atoms with E-state index in [4.69, 9.17) is 0 Å². The number of nitrogens with one attached hydrogen (secondary N) is 2. The molecule has 6 heteroatoms. The van der Waals surface area contributed by atoms with E-state index >= 15 is 0 Å². The van der Waals surface area contributed by atoms with Gasteiger partial charge in [0.1, 0.15) is 5.70 Å². The predicted octanol–water partition coefficient (Wildman–Crippen LogP) is 4.03. The van der Waals surface area contributed by atoms with Gasteiger partial charge in [-0.25, -0.2) is 0 Å². The fourth-order valence-electron chi connectivity index (χ4n) is 3.44. The molecule has 0 aliphatic heterocycles. The number of pyridine rings is 1. The van der Waals surface area contributed by atoms with Gasteiger partial charge in [-0.2, -0.15) is 0 Å². The van der Waals surface area contributed by atoms with Crippen LogP contribution in [0.4, 0.5) is 0 Å². The van der Waals surface area contributed by atoms with Gasteiger partial charge in [-0.05, 0) is 36.4 Å². The molecule has 4 aromatic rings. The van der Waals surface area contributed by atoms with E-state index in [-0.39, 0.29) is 17.5 Å². The minimum Gasteiger partial charge on any atom is -0.361 e. The lowest BCUT2D eigenvalue weighted by molar-refractivity contribution is -0.126. The molecule has 0 bridgehead atoms. The number of fused-ring (bicyclic) bond motifs is 1. The molecule has 6 nitrogen and oxygen atoms in total. The molecule has 0 unspecified atom stereocenters. The van der Waals surface area contributed by atoms with Crippen LogP contribution in [0.5, 0.6) is 0 Å². The molecule has 0 saturated heterocycles. The maximum absolute atomic E-state index is 13.3. The number of aromatic amines is 1. The SMILES string of the molecule is CN(CCc1ccccn1)C(=O)/C(=C/c1c[nH]c2ccccc12)NC(=O)c1ccccc1. The number of carbonyl (C=O) groups excluding carboxylic acids is 2. The first kappa shape index (κ1) is 21.1. The molecule has 0 fully saturated rings. The Balaban J connectivity index is 1.60. The van der Waals surface area contributed by atoms with Crippen molar-refractivity contribution in [2.24, 2.45) is 0 Å². The molecule has 0 saturated carbocycles. The summed E-state index contributed by atoms with van der Waals surface area (Å²) in [4.78, 5) is 35.2. The lowest BCUT2D eigenvalue weighted by Gasteiger charge is -2.19. The highest BCUT2D eigenvalue weighted by molar-refractivity contribution is 6.06. The molecule has 2 amide bonds. The lowest BCUT2D eigenvalue weighted by Crippen LogP contribution is -2.37. The van der Waals surface area contributed by atoms with Gasteiger partial charge in [0.25, 0.3) is 11.8 Å². The first-order valence-electron chi connectivity index (χ1n) is 10.4. The van der Waals surface area contributed by atoms with Crippen LogP contribution in [0.15, 0.2) is 90.9 Å². The van der Waals surface area contributed by atoms with Gasteiger partial charge < -0.3 is 15.2 Å². The molecular weight excluding hydrogens is 400 g/mol. The fourth-order valence-corrected chi connectivity index (χ4v) is 3.44. The zero-order chi connectivity index (χ0) is 22.3. The molecule has 0 radical (unpaired) electrons. The zero-order valence-electron chi connectivity index (χ0n) is 17.8. The first-order chi connectivity index (χ1) is 15.6. The van der Waals surface area contributed by atoms with Gasteiger partial charge in [0, 0.05) is 60.1 Å². The normalized spacial score (nSPS) is 11.3. The number of amides is 2. The molecule has 2 N–H and O–H groups in total. The van der Waals surface area contributed by atoms with Crippen molar-refractivity contribution in [1.29, 1.82) is 0 Å². The molecule has 0 spiro atoms. The van der Waals surface area contributed by atoms with Gasteiger partial charge in [0.2, 0.25) is 0 Å². The van der Waals surface area contributed by atoms with E-state index in [1.54, 1.807) is 48.5 Å². The van der Waals surface area contributed by atoms with Crippen molar-refractivity contribution in [1.82, 2.24) is 20.2 Å². The number of likely N-dealkylation sites (N-methyl/N-ethyl adjacent to an activating group) is 1. The number of aromatic nitrogens is 2. The monoisotopic (exact) mass is 424 g/mol. The Hall–Kier alpha value is -4.19. The Morgan fingerprint density at radius 3 is 2.53 bits per heavy atom. The number of para-hydroxylation sites is 1. The van der Waals surface area contributed by atoms with E-state index in [0.717, 1.165) is 22.2 Å². The predicted molar refractivity (Wildman–Crippen MR) is 126 cm³/mol. The van der Waals surface area contributed by atoms with Crippen LogP contribution in [0.3, 0.4) is 0 Å². The second kappa shape index (κ2) is 9.75. The largest absolute Gasteiger partial charge is 0.361 e. The van der Waals surface area contributed by atoms with Gasteiger partial charge in [-0.3, -0.25) is 14.6 Å². The van der Waals surface area contributed by atoms with E-state index in [1.165, 1.54) is 0 Å². The minimum atomic E-state index is -0.330. The van der Waals surface area contributed by atoms with Gasteiger partial charge >= 0.3 is 0 Å². The smallest absolute Gasteiger partial charge is 0.270 e. The third kappa shape index (κ3) is 4.92. The highest BCUT2D eigenvalue weighted by Gasteiger charge is 2.19. The summed E-state index contributed by atoms with van der Waals surface area (Å²) in [6, 6.07) is 22.4. The van der Waals surface area contributed by atoms with Gasteiger partial charge in [0.15, 0.2) is 0 Å². The Morgan fingerprint density at radius 2 is 1.75 bits per heavy atom. The number of rotatable bonds is 7. The van der Waals surface area contributed by atoms with Crippen LogP contribution in [0, 0.1) is 0 Å². The Kier molecular flexibility index (Phi) is 6.41. The summed E-state index contributed by atoms with van der Waals surface area (Å²) < 4.78 is 0. The van der Waals surface area contributed by atoms with Crippen molar-refractivity contribution in [3.63, 3.8) is 0 Å². The van der Waals surface area contributed by atoms with Crippen molar-refractivity contribution < 1.29 is 9.59 Å². The maximum Gasteiger partial charge on any atom is 0.270 e. The number of hydrogen-bond donors (Lipinski definition) is 2. The van der Waals surface area contributed by atoms with Crippen molar-refractivity contribution in [2.75, 3.05) is 13.6 Å². The third-order valence-electron chi connectivity index (χ3n) is 5.21. The maximum atomic E-state index is 13.3. The number of carbonyl (C=O) groups is 2. The van der Waals surface area contributed by atoms with E-state index in [9.17, 15) is 9.59 Å². The van der Waals surface area contributed by atoms with E-state index in [0.29, 0.717) is 18.5 Å². The number of benzene rings is 2. The average molecular weight is 425 g/mol. The second-order valence-corrected chi connectivity index (χ2v) is 7.47. The topological polar surface area (TPSA) is 78.1 Å². The summed E-state index contributed by atoms with van der Waals surface area (Å²) in [6.45, 7) is 0.474. The van der Waals surface area contributed by atoms with Crippen LogP contribution in [-0.2, 0) is 11.2 Å². The van der Waals surface area contributed by atoms with Crippen molar-refractivity contribution in [3.05, 3.63) is 108 Å². The van der Waals surface area contributed by atoms with Gasteiger partial charge in [0.05, 0.1) is 0 Å². The highest BCUT2D eigenvalue weighted by Crippen LogP contribution is 2.20. The summed E-state index contributed by atoms with van der Waals surface area (Å²) in [5.41, 5.74) is 3.40. The quantitative estimate of drug-likeness (QED) is 0.440. The van der Waals surface area contributed by atoms with Crippen LogP contribution in [0.1, 0.15) is 21.6 Å². The van der Waals surface area contributed by atoms with Crippen LogP contribution in [0.25, 0.3) is 17.0 Å². The van der Waals surface area contributed by atoms with Crippen LogP contribution >= 0.6 is 0 Å². The summed E-state index contributed by atoms with van der Waals surface area (Å²) in [6.07, 6.45) is 5.91. The molecule has 2 aromatic heterocycles. The summed E-state index contributed by atoms with van der Waals surface area (Å²) >= 11 is 0. The molecule has 160 valence electrons. The third-order valence-corrected chi connectivity index (χ3v) is 5.21. The molecule has 2 heterocycles. The second-order valence-electron chi connectivity index (χ2n) is 7.47. The Morgan fingerprint density at radius 1 is 1.00 bits per heavy atom. The standard InChI is InChI=1S/C26H24N4O2/c1-30(16-14-21-11-7-8-15-27-21)26(32)24(29-25(31)19-9-3-2-4-10-19)17-20-18-28-23-13-6-5-12-22(20)23/h2-13,15,17-18,28H,14,16H2,1H3,(H,29,31)/b24-17-. The molecule has 0 aliphatic carbocycles. The van der Waals surface area contributed by atoms with Crippen molar-refractivity contribution >= 4 is 28.8 Å². The number of nitrogens with zero attached hydrogens (tertiary/aromatic N) is 2. The molecule has 4 rings (SSSR count). The number of hydrogen-bond acceptors (Lipinski definition) is 3. The molecular formula is C26H24N4O2. The van der Waals surface area contributed by atoms with Crippen LogP contribution in [-0.4, -0.2) is 40.3 Å². The molecule has 0 atom stereocenters. The first-order valence-corrected chi connectivity index (χ1v) is 10.4. The molecule has 0 aliphatic rings. The van der Waals surface area contributed by atoms with Crippen molar-refractivity contribution in [3.8, 4) is 0 Å². The van der Waals surface area contributed by atoms with Crippen molar-refractivity contribution in [2.45, 2.75) is 6.42 Å². The Labute approximate surface area is 186 Å². The van der Waals surface area contributed by atoms with Gasteiger partial charge in [-0.15, -0.1) is 0 Å². The van der Waals surface area contributed by atoms with Gasteiger partial charge in [-0.1, -0.05) is 42.5 Å². The minimum absolute atomic E-state index is 0.215. The molecule has 2 aromatic carbocycles. The van der Waals surface area contributed by atoms with Crippen LogP contribution in [0.2, 0.25) is 0 Å². The lowest BCUT2D eigenvalue weighted by atomic mass is 10.1. The zero-order valence-corrected chi connectivity index (χ0v) is 17.8.